The number of aromatic nitrogens is 4. The SMILES string of the molecule is Nc1cccc(-c2nc(Nc3ccc(N4CCOCC4)cc3)c3ncn(C4CCCCC4)c3n2)c1. The minimum absolute atomic E-state index is 0.429. The van der Waals surface area contributed by atoms with Gasteiger partial charge in [-0.05, 0) is 49.2 Å². The number of hydrogen-bond acceptors (Lipinski definition) is 7. The van der Waals surface area contributed by atoms with E-state index in [-0.39, 0.29) is 0 Å². The number of nitrogens with zero attached hydrogens (tertiary/aromatic N) is 5. The first-order valence-corrected chi connectivity index (χ1v) is 12.5. The fraction of sp³-hybridized carbons (Fsp3) is 0.370. The molecule has 2 aliphatic rings. The summed E-state index contributed by atoms with van der Waals surface area (Å²) in [5, 5.41) is 3.52. The van der Waals surface area contributed by atoms with Crippen molar-refractivity contribution in [3.05, 3.63) is 54.9 Å². The molecule has 1 aliphatic heterocycles. The van der Waals surface area contributed by atoms with Crippen molar-refractivity contribution >= 4 is 34.0 Å². The molecule has 2 aromatic heterocycles. The molecule has 0 unspecified atom stereocenters. The van der Waals surface area contributed by atoms with E-state index in [0.717, 1.165) is 61.6 Å². The van der Waals surface area contributed by atoms with Crippen molar-refractivity contribution in [2.45, 2.75) is 38.1 Å². The van der Waals surface area contributed by atoms with Gasteiger partial charge in [-0.25, -0.2) is 15.0 Å². The van der Waals surface area contributed by atoms with Gasteiger partial charge in [-0.2, -0.15) is 0 Å². The molecule has 0 radical (unpaired) electrons. The van der Waals surface area contributed by atoms with Gasteiger partial charge < -0.3 is 25.3 Å². The number of nitrogens with one attached hydrogen (secondary N) is 1. The number of nitrogens with two attached hydrogens (primary N) is 1. The van der Waals surface area contributed by atoms with Crippen molar-refractivity contribution < 1.29 is 4.74 Å². The quantitative estimate of drug-likeness (QED) is 0.390. The summed E-state index contributed by atoms with van der Waals surface area (Å²) >= 11 is 0. The number of hydrogen-bond donors (Lipinski definition) is 2. The van der Waals surface area contributed by atoms with Crippen LogP contribution in [0.5, 0.6) is 0 Å². The number of nitrogen functional groups attached to an aromatic ring is 1. The first-order chi connectivity index (χ1) is 17.2. The van der Waals surface area contributed by atoms with Crippen molar-refractivity contribution in [1.29, 1.82) is 0 Å². The predicted molar refractivity (Wildman–Crippen MR) is 140 cm³/mol. The molecule has 0 atom stereocenters. The Labute approximate surface area is 205 Å². The van der Waals surface area contributed by atoms with Crippen LogP contribution in [0.2, 0.25) is 0 Å². The van der Waals surface area contributed by atoms with Gasteiger partial charge in [0.25, 0.3) is 0 Å². The van der Waals surface area contributed by atoms with Crippen LogP contribution in [-0.4, -0.2) is 45.8 Å². The highest BCUT2D eigenvalue weighted by Crippen LogP contribution is 2.34. The minimum Gasteiger partial charge on any atom is -0.399 e. The predicted octanol–water partition coefficient (Wildman–Crippen LogP) is 5.16. The van der Waals surface area contributed by atoms with Crippen LogP contribution in [-0.2, 0) is 4.74 Å². The maximum Gasteiger partial charge on any atom is 0.166 e. The maximum absolute atomic E-state index is 6.07. The molecule has 4 aromatic rings. The van der Waals surface area contributed by atoms with Gasteiger partial charge in [-0.1, -0.05) is 31.4 Å². The fourth-order valence-corrected chi connectivity index (χ4v) is 5.15. The monoisotopic (exact) mass is 469 g/mol. The third-order valence-corrected chi connectivity index (χ3v) is 7.04. The molecule has 0 spiro atoms. The summed E-state index contributed by atoms with van der Waals surface area (Å²) in [5.74, 6) is 1.36. The van der Waals surface area contributed by atoms with Gasteiger partial charge >= 0.3 is 0 Å². The smallest absolute Gasteiger partial charge is 0.166 e. The highest BCUT2D eigenvalue weighted by atomic mass is 16.5. The molecule has 0 bridgehead atoms. The third kappa shape index (κ3) is 4.53. The molecule has 6 rings (SSSR count). The lowest BCUT2D eigenvalue weighted by molar-refractivity contribution is 0.122. The normalized spacial score (nSPS) is 17.1. The molecule has 0 amide bonds. The lowest BCUT2D eigenvalue weighted by Gasteiger charge is -2.28. The topological polar surface area (TPSA) is 94.1 Å². The van der Waals surface area contributed by atoms with Crippen LogP contribution < -0.4 is 16.0 Å². The van der Waals surface area contributed by atoms with E-state index in [1.165, 1.54) is 24.9 Å². The molecule has 8 heteroatoms. The molecule has 180 valence electrons. The van der Waals surface area contributed by atoms with Gasteiger partial charge in [-0.3, -0.25) is 0 Å². The second-order valence-electron chi connectivity index (χ2n) is 9.41. The van der Waals surface area contributed by atoms with Crippen molar-refractivity contribution in [3.8, 4) is 11.4 Å². The number of benzene rings is 2. The van der Waals surface area contributed by atoms with E-state index in [4.69, 9.17) is 25.4 Å². The minimum atomic E-state index is 0.429. The molecule has 3 N–H and O–H groups in total. The third-order valence-electron chi connectivity index (χ3n) is 7.04. The molecule has 2 aromatic carbocycles. The van der Waals surface area contributed by atoms with Crippen molar-refractivity contribution in [2.24, 2.45) is 0 Å². The number of imidazole rings is 1. The van der Waals surface area contributed by atoms with Gasteiger partial charge in [-0.15, -0.1) is 0 Å². The van der Waals surface area contributed by atoms with Crippen LogP contribution in [0.25, 0.3) is 22.6 Å². The lowest BCUT2D eigenvalue weighted by atomic mass is 9.95. The van der Waals surface area contributed by atoms with E-state index < -0.39 is 0 Å². The molecular formula is C27H31N7O. The van der Waals surface area contributed by atoms with Gasteiger partial charge in [0.1, 0.15) is 0 Å². The summed E-state index contributed by atoms with van der Waals surface area (Å²) in [7, 11) is 0. The van der Waals surface area contributed by atoms with E-state index in [1.807, 2.05) is 30.6 Å². The average Bonchev–Trinajstić information content (AvgIpc) is 3.35. The molecule has 8 nitrogen and oxygen atoms in total. The average molecular weight is 470 g/mol. The standard InChI is InChI=1S/C27H31N7O/c28-20-6-4-5-19(17-20)25-31-26(24-27(32-25)34(18-29-24)23-7-2-1-3-8-23)30-21-9-11-22(12-10-21)33-13-15-35-16-14-33/h4-6,9-12,17-18,23H,1-3,7-8,13-16,28H2,(H,30,31,32). The van der Waals surface area contributed by atoms with Crippen LogP contribution in [0, 0.1) is 0 Å². The Morgan fingerprint density at radius 2 is 1.74 bits per heavy atom. The number of fused-ring (bicyclic) bond motifs is 1. The molecule has 1 aliphatic carbocycles. The summed E-state index contributed by atoms with van der Waals surface area (Å²) in [5.41, 5.74) is 11.5. The Morgan fingerprint density at radius 1 is 0.943 bits per heavy atom. The number of ether oxygens (including phenoxy) is 1. The van der Waals surface area contributed by atoms with Gasteiger partial charge in [0.05, 0.1) is 19.5 Å². The summed E-state index contributed by atoms with van der Waals surface area (Å²) in [4.78, 5) is 17.0. The van der Waals surface area contributed by atoms with Crippen LogP contribution in [0.3, 0.4) is 0 Å². The Balaban J connectivity index is 1.37. The summed E-state index contributed by atoms with van der Waals surface area (Å²) in [6, 6.07) is 16.6. The zero-order chi connectivity index (χ0) is 23.6. The molecule has 1 saturated heterocycles. The fourth-order valence-electron chi connectivity index (χ4n) is 5.15. The van der Waals surface area contributed by atoms with Crippen molar-refractivity contribution in [2.75, 3.05) is 42.3 Å². The highest BCUT2D eigenvalue weighted by Gasteiger charge is 2.21. The lowest BCUT2D eigenvalue weighted by Crippen LogP contribution is -2.36. The summed E-state index contributed by atoms with van der Waals surface area (Å²) in [6.07, 6.45) is 8.06. The molecule has 1 saturated carbocycles. The second kappa shape index (κ2) is 9.54. The molecule has 2 fully saturated rings. The summed E-state index contributed by atoms with van der Waals surface area (Å²) in [6.45, 7) is 3.38. The van der Waals surface area contributed by atoms with Crippen LogP contribution in [0.1, 0.15) is 38.1 Å². The second-order valence-corrected chi connectivity index (χ2v) is 9.41. The first-order valence-electron chi connectivity index (χ1n) is 12.5. The van der Waals surface area contributed by atoms with E-state index in [1.54, 1.807) is 0 Å². The largest absolute Gasteiger partial charge is 0.399 e. The first kappa shape index (κ1) is 21.9. The number of anilines is 4. The van der Waals surface area contributed by atoms with Gasteiger partial charge in [0, 0.05) is 41.8 Å². The zero-order valence-corrected chi connectivity index (χ0v) is 19.9. The van der Waals surface area contributed by atoms with Gasteiger partial charge in [0.15, 0.2) is 22.8 Å². The van der Waals surface area contributed by atoms with Crippen molar-refractivity contribution in [3.63, 3.8) is 0 Å². The van der Waals surface area contributed by atoms with E-state index in [9.17, 15) is 0 Å². The van der Waals surface area contributed by atoms with E-state index in [2.05, 4.69) is 39.0 Å². The van der Waals surface area contributed by atoms with Gasteiger partial charge in [0.2, 0.25) is 0 Å². The van der Waals surface area contributed by atoms with Crippen molar-refractivity contribution in [1.82, 2.24) is 19.5 Å². The molecule has 3 heterocycles. The van der Waals surface area contributed by atoms with E-state index in [0.29, 0.717) is 23.4 Å². The maximum atomic E-state index is 6.07. The number of rotatable bonds is 5. The van der Waals surface area contributed by atoms with E-state index >= 15 is 0 Å². The Morgan fingerprint density at radius 3 is 2.51 bits per heavy atom. The van der Waals surface area contributed by atoms with Crippen LogP contribution >= 0.6 is 0 Å². The van der Waals surface area contributed by atoms with Crippen LogP contribution in [0.15, 0.2) is 54.9 Å². The summed E-state index contributed by atoms with van der Waals surface area (Å²) < 4.78 is 7.73. The highest BCUT2D eigenvalue weighted by molar-refractivity contribution is 5.87. The molecular weight excluding hydrogens is 438 g/mol. The molecule has 35 heavy (non-hydrogen) atoms. The Bertz CT molecular complexity index is 1310. The van der Waals surface area contributed by atoms with Crippen LogP contribution in [0.4, 0.5) is 22.9 Å². The zero-order valence-electron chi connectivity index (χ0n) is 19.9. The Kier molecular flexibility index (Phi) is 5.96. The number of morpholine rings is 1. The Hall–Kier alpha value is -3.65.